The molecule has 0 unspecified atom stereocenters. The monoisotopic (exact) mass is 244 g/mol. The van der Waals surface area contributed by atoms with E-state index in [0.717, 1.165) is 19.3 Å². The lowest BCUT2D eigenvalue weighted by Gasteiger charge is -2.16. The molecule has 2 amide bonds. The Hall–Kier alpha value is -1.26. The summed E-state index contributed by atoms with van der Waals surface area (Å²) < 4.78 is 0. The van der Waals surface area contributed by atoms with Gasteiger partial charge in [0.25, 0.3) is 0 Å². The van der Waals surface area contributed by atoms with Crippen LogP contribution in [0.3, 0.4) is 0 Å². The van der Waals surface area contributed by atoms with Crippen LogP contribution in [0.25, 0.3) is 0 Å². The second-order valence-corrected chi connectivity index (χ2v) is 4.90. The Kier molecular flexibility index (Phi) is 7.34. The minimum absolute atomic E-state index is 0.0646. The molecule has 0 spiro atoms. The predicted octanol–water partition coefficient (Wildman–Crippen LogP) is 1.97. The standard InChI is InChI=1S/C12H24N2O3/c1-8(2)6-5-7-9(3)13-12(17)14-10(4)11(15)16/h8-10H,5-7H2,1-4H3,(H,15,16)(H2,13,14,17)/t9-,10-/m0/s1. The predicted molar refractivity (Wildman–Crippen MR) is 66.9 cm³/mol. The molecule has 0 radical (unpaired) electrons. The second kappa shape index (κ2) is 7.92. The van der Waals surface area contributed by atoms with Crippen molar-refractivity contribution in [1.29, 1.82) is 0 Å². The highest BCUT2D eigenvalue weighted by Crippen LogP contribution is 2.07. The molecule has 0 aliphatic rings. The van der Waals surface area contributed by atoms with Gasteiger partial charge in [-0.25, -0.2) is 4.79 Å². The van der Waals surface area contributed by atoms with Crippen LogP contribution in [-0.4, -0.2) is 29.2 Å². The lowest BCUT2D eigenvalue weighted by atomic mass is 10.0. The topological polar surface area (TPSA) is 78.4 Å². The smallest absolute Gasteiger partial charge is 0.325 e. The number of nitrogens with one attached hydrogen (secondary N) is 2. The maximum atomic E-state index is 11.4. The Labute approximate surface area is 103 Å². The summed E-state index contributed by atoms with van der Waals surface area (Å²) in [7, 11) is 0. The van der Waals surface area contributed by atoms with E-state index in [9.17, 15) is 9.59 Å². The average molecular weight is 244 g/mol. The number of hydrogen-bond donors (Lipinski definition) is 3. The van der Waals surface area contributed by atoms with Crippen molar-refractivity contribution in [2.75, 3.05) is 0 Å². The van der Waals surface area contributed by atoms with E-state index in [0.29, 0.717) is 5.92 Å². The van der Waals surface area contributed by atoms with Gasteiger partial charge in [0, 0.05) is 6.04 Å². The molecule has 0 saturated heterocycles. The molecule has 0 aliphatic carbocycles. The fourth-order valence-electron chi connectivity index (χ4n) is 1.43. The zero-order valence-electron chi connectivity index (χ0n) is 11.1. The van der Waals surface area contributed by atoms with Gasteiger partial charge in [-0.15, -0.1) is 0 Å². The molecular weight excluding hydrogens is 220 g/mol. The third kappa shape index (κ3) is 8.54. The van der Waals surface area contributed by atoms with Gasteiger partial charge in [0.2, 0.25) is 0 Å². The van der Waals surface area contributed by atoms with Crippen LogP contribution in [0.1, 0.15) is 47.0 Å². The van der Waals surface area contributed by atoms with Crippen LogP contribution in [0.5, 0.6) is 0 Å². The maximum Gasteiger partial charge on any atom is 0.325 e. The van der Waals surface area contributed by atoms with Crippen LogP contribution in [0, 0.1) is 5.92 Å². The molecule has 2 atom stereocenters. The third-order valence-corrected chi connectivity index (χ3v) is 2.51. The van der Waals surface area contributed by atoms with Gasteiger partial charge < -0.3 is 15.7 Å². The number of carboxylic acids is 1. The van der Waals surface area contributed by atoms with E-state index in [-0.39, 0.29) is 6.04 Å². The van der Waals surface area contributed by atoms with Crippen molar-refractivity contribution in [3.63, 3.8) is 0 Å². The van der Waals surface area contributed by atoms with Gasteiger partial charge in [0.1, 0.15) is 6.04 Å². The van der Waals surface area contributed by atoms with Gasteiger partial charge in [-0.3, -0.25) is 4.79 Å². The summed E-state index contributed by atoms with van der Waals surface area (Å²) in [6.45, 7) is 7.69. The van der Waals surface area contributed by atoms with Crippen molar-refractivity contribution in [2.45, 2.75) is 59.0 Å². The highest BCUT2D eigenvalue weighted by atomic mass is 16.4. The van der Waals surface area contributed by atoms with E-state index in [1.807, 2.05) is 6.92 Å². The maximum absolute atomic E-state index is 11.4. The zero-order valence-corrected chi connectivity index (χ0v) is 11.1. The van der Waals surface area contributed by atoms with E-state index >= 15 is 0 Å². The third-order valence-electron chi connectivity index (χ3n) is 2.51. The van der Waals surface area contributed by atoms with Crippen LogP contribution in [0.15, 0.2) is 0 Å². The molecule has 0 fully saturated rings. The summed E-state index contributed by atoms with van der Waals surface area (Å²) in [6, 6.07) is -1.22. The Morgan fingerprint density at radius 3 is 2.12 bits per heavy atom. The Morgan fingerprint density at radius 2 is 1.65 bits per heavy atom. The molecule has 0 aromatic rings. The lowest BCUT2D eigenvalue weighted by Crippen LogP contribution is -2.47. The van der Waals surface area contributed by atoms with E-state index in [2.05, 4.69) is 24.5 Å². The summed E-state index contributed by atoms with van der Waals surface area (Å²) >= 11 is 0. The van der Waals surface area contributed by atoms with E-state index in [4.69, 9.17) is 5.11 Å². The molecule has 3 N–H and O–H groups in total. The summed E-state index contributed by atoms with van der Waals surface area (Å²) in [5, 5.41) is 13.7. The fourth-order valence-corrected chi connectivity index (χ4v) is 1.43. The van der Waals surface area contributed by atoms with Gasteiger partial charge in [-0.05, 0) is 26.2 Å². The number of rotatable bonds is 7. The van der Waals surface area contributed by atoms with Crippen LogP contribution in [0.4, 0.5) is 4.79 Å². The molecular formula is C12H24N2O3. The quantitative estimate of drug-likeness (QED) is 0.640. The summed E-state index contributed by atoms with van der Waals surface area (Å²) in [5.41, 5.74) is 0. The molecule has 100 valence electrons. The number of carbonyl (C=O) groups excluding carboxylic acids is 1. The van der Waals surface area contributed by atoms with Crippen molar-refractivity contribution in [3.05, 3.63) is 0 Å². The van der Waals surface area contributed by atoms with Crippen LogP contribution < -0.4 is 10.6 Å². The minimum Gasteiger partial charge on any atom is -0.480 e. The number of carboxylic acid groups (broad SMARTS) is 1. The summed E-state index contributed by atoms with van der Waals surface area (Å²) in [6.07, 6.45) is 3.11. The average Bonchev–Trinajstić information content (AvgIpc) is 2.16. The largest absolute Gasteiger partial charge is 0.480 e. The lowest BCUT2D eigenvalue weighted by molar-refractivity contribution is -0.138. The second-order valence-electron chi connectivity index (χ2n) is 4.90. The molecule has 5 nitrogen and oxygen atoms in total. The van der Waals surface area contributed by atoms with Gasteiger partial charge in [-0.2, -0.15) is 0 Å². The summed E-state index contributed by atoms with van der Waals surface area (Å²) in [5.74, 6) is -0.365. The van der Waals surface area contributed by atoms with Gasteiger partial charge >= 0.3 is 12.0 Å². The minimum atomic E-state index is -1.03. The Balaban J connectivity index is 3.76. The SMILES string of the molecule is CC(C)CCC[C@H](C)NC(=O)N[C@@H](C)C(=O)O. The molecule has 0 aromatic heterocycles. The van der Waals surface area contributed by atoms with Crippen molar-refractivity contribution < 1.29 is 14.7 Å². The summed E-state index contributed by atoms with van der Waals surface area (Å²) in [4.78, 5) is 21.9. The van der Waals surface area contributed by atoms with Gasteiger partial charge in [0.05, 0.1) is 0 Å². The molecule has 0 saturated carbocycles. The fraction of sp³-hybridized carbons (Fsp3) is 0.833. The Morgan fingerprint density at radius 1 is 1.06 bits per heavy atom. The zero-order chi connectivity index (χ0) is 13.4. The molecule has 0 aromatic carbocycles. The van der Waals surface area contributed by atoms with E-state index in [1.165, 1.54) is 6.92 Å². The van der Waals surface area contributed by atoms with Crippen molar-refractivity contribution in [3.8, 4) is 0 Å². The normalized spacial score (nSPS) is 14.2. The number of urea groups is 1. The van der Waals surface area contributed by atoms with Crippen LogP contribution >= 0.6 is 0 Å². The van der Waals surface area contributed by atoms with Crippen LogP contribution in [0.2, 0.25) is 0 Å². The number of carbonyl (C=O) groups is 2. The van der Waals surface area contributed by atoms with E-state index in [1.54, 1.807) is 0 Å². The first-order valence-electron chi connectivity index (χ1n) is 6.12. The van der Waals surface area contributed by atoms with Crippen LogP contribution in [-0.2, 0) is 4.79 Å². The highest BCUT2D eigenvalue weighted by Gasteiger charge is 2.14. The molecule has 17 heavy (non-hydrogen) atoms. The van der Waals surface area contributed by atoms with Crippen molar-refractivity contribution >= 4 is 12.0 Å². The molecule has 0 rings (SSSR count). The first-order valence-corrected chi connectivity index (χ1v) is 6.12. The van der Waals surface area contributed by atoms with Crippen molar-refractivity contribution in [1.82, 2.24) is 10.6 Å². The van der Waals surface area contributed by atoms with Gasteiger partial charge in [-0.1, -0.05) is 26.7 Å². The molecule has 0 bridgehead atoms. The number of amides is 2. The Bertz CT molecular complexity index is 254. The number of aliphatic carboxylic acids is 1. The molecule has 0 aliphatic heterocycles. The highest BCUT2D eigenvalue weighted by molar-refractivity contribution is 5.82. The molecule has 5 heteroatoms. The molecule has 0 heterocycles. The number of hydrogen-bond acceptors (Lipinski definition) is 2. The first kappa shape index (κ1) is 15.7. The first-order chi connectivity index (χ1) is 7.82. The van der Waals surface area contributed by atoms with Crippen molar-refractivity contribution in [2.24, 2.45) is 5.92 Å². The van der Waals surface area contributed by atoms with E-state index < -0.39 is 18.0 Å². The van der Waals surface area contributed by atoms with Gasteiger partial charge in [0.15, 0.2) is 0 Å².